The summed E-state index contributed by atoms with van der Waals surface area (Å²) in [6, 6.07) is 16.6. The van der Waals surface area contributed by atoms with E-state index < -0.39 is 0 Å². The van der Waals surface area contributed by atoms with Gasteiger partial charge in [-0.3, -0.25) is 0 Å². The zero-order chi connectivity index (χ0) is 15.3. The Balaban J connectivity index is 1.95. The summed E-state index contributed by atoms with van der Waals surface area (Å²) in [6.07, 6.45) is 0. The number of benzene rings is 2. The Bertz CT molecular complexity index is 586. The third-order valence-corrected chi connectivity index (χ3v) is 2.58. The van der Waals surface area contributed by atoms with Gasteiger partial charge in [0.1, 0.15) is 11.5 Å². The highest BCUT2D eigenvalue weighted by molar-refractivity contribution is 5.89. The molecule has 110 valence electrons. The Morgan fingerprint density at radius 2 is 1.48 bits per heavy atom. The van der Waals surface area contributed by atoms with Gasteiger partial charge in [-0.2, -0.15) is 0 Å². The third kappa shape index (κ3) is 5.18. The molecule has 0 bridgehead atoms. The predicted octanol–water partition coefficient (Wildman–Crippen LogP) is 4.40. The van der Waals surface area contributed by atoms with E-state index >= 15 is 0 Å². The number of hydrogen-bond acceptors (Lipinski definition) is 2. The molecule has 2 aromatic carbocycles. The van der Waals surface area contributed by atoms with Crippen LogP contribution < -0.4 is 15.4 Å². The zero-order valence-electron chi connectivity index (χ0n) is 12.5. The van der Waals surface area contributed by atoms with Crippen LogP contribution in [0.4, 0.5) is 10.5 Å². The molecular formula is C17H20N2O2. The fraction of sp³-hybridized carbons (Fsp3) is 0.235. The Hall–Kier alpha value is -2.49. The number of rotatable bonds is 3. The van der Waals surface area contributed by atoms with Gasteiger partial charge in [0, 0.05) is 11.2 Å². The summed E-state index contributed by atoms with van der Waals surface area (Å²) in [4.78, 5) is 11.8. The molecule has 0 aliphatic heterocycles. The van der Waals surface area contributed by atoms with Crippen LogP contribution in [-0.2, 0) is 0 Å². The minimum atomic E-state index is -0.263. The molecule has 0 fully saturated rings. The first-order valence-corrected chi connectivity index (χ1v) is 6.84. The van der Waals surface area contributed by atoms with E-state index in [-0.39, 0.29) is 11.6 Å². The number of para-hydroxylation sites is 1. The van der Waals surface area contributed by atoms with Crippen molar-refractivity contribution < 1.29 is 9.53 Å². The van der Waals surface area contributed by atoms with Crippen LogP contribution in [0.5, 0.6) is 11.5 Å². The number of ether oxygens (including phenoxy) is 1. The molecule has 0 heterocycles. The first kappa shape index (κ1) is 14.9. The fourth-order valence-electron chi connectivity index (χ4n) is 1.73. The Labute approximate surface area is 125 Å². The Morgan fingerprint density at radius 3 is 2.05 bits per heavy atom. The molecule has 2 N–H and O–H groups in total. The maximum atomic E-state index is 11.8. The predicted molar refractivity (Wildman–Crippen MR) is 84.9 cm³/mol. The summed E-state index contributed by atoms with van der Waals surface area (Å²) in [5.74, 6) is 1.51. The minimum Gasteiger partial charge on any atom is -0.457 e. The number of urea groups is 1. The maximum absolute atomic E-state index is 11.8. The number of carbonyl (C=O) groups excluding carboxylic acids is 1. The Morgan fingerprint density at radius 1 is 0.905 bits per heavy atom. The molecule has 0 unspecified atom stereocenters. The van der Waals surface area contributed by atoms with E-state index in [0.29, 0.717) is 0 Å². The van der Waals surface area contributed by atoms with Gasteiger partial charge in [0.05, 0.1) is 0 Å². The molecule has 0 aliphatic rings. The summed E-state index contributed by atoms with van der Waals surface area (Å²) in [6.45, 7) is 5.80. The van der Waals surface area contributed by atoms with Crippen molar-refractivity contribution in [2.24, 2.45) is 0 Å². The van der Waals surface area contributed by atoms with Gasteiger partial charge in [-0.05, 0) is 57.2 Å². The van der Waals surface area contributed by atoms with Gasteiger partial charge in [0.15, 0.2) is 0 Å². The summed E-state index contributed by atoms with van der Waals surface area (Å²) in [7, 11) is 0. The number of carbonyl (C=O) groups is 1. The van der Waals surface area contributed by atoms with E-state index in [9.17, 15) is 4.79 Å². The van der Waals surface area contributed by atoms with Crippen LogP contribution in [0.25, 0.3) is 0 Å². The van der Waals surface area contributed by atoms with Gasteiger partial charge in [-0.25, -0.2) is 4.79 Å². The second-order valence-corrected chi connectivity index (χ2v) is 5.77. The number of hydrogen-bond donors (Lipinski definition) is 2. The monoisotopic (exact) mass is 284 g/mol. The van der Waals surface area contributed by atoms with Gasteiger partial charge < -0.3 is 15.4 Å². The van der Waals surface area contributed by atoms with Crippen molar-refractivity contribution in [3.8, 4) is 11.5 Å². The lowest BCUT2D eigenvalue weighted by atomic mass is 10.1. The second-order valence-electron chi connectivity index (χ2n) is 5.77. The number of nitrogens with one attached hydrogen (secondary N) is 2. The van der Waals surface area contributed by atoms with Crippen LogP contribution >= 0.6 is 0 Å². The molecular weight excluding hydrogens is 264 g/mol. The van der Waals surface area contributed by atoms with Gasteiger partial charge in [-0.1, -0.05) is 18.2 Å². The van der Waals surface area contributed by atoms with Crippen molar-refractivity contribution in [2.75, 3.05) is 5.32 Å². The molecule has 0 saturated heterocycles. The lowest BCUT2D eigenvalue weighted by Crippen LogP contribution is -2.43. The zero-order valence-corrected chi connectivity index (χ0v) is 12.5. The van der Waals surface area contributed by atoms with Crippen molar-refractivity contribution in [3.63, 3.8) is 0 Å². The fourth-order valence-corrected chi connectivity index (χ4v) is 1.73. The Kier molecular flexibility index (Phi) is 4.48. The summed E-state index contributed by atoms with van der Waals surface area (Å²) >= 11 is 0. The molecule has 4 heteroatoms. The van der Waals surface area contributed by atoms with Gasteiger partial charge in [-0.15, -0.1) is 0 Å². The molecule has 0 aliphatic carbocycles. The normalized spacial score (nSPS) is 10.8. The van der Waals surface area contributed by atoms with E-state index in [2.05, 4.69) is 10.6 Å². The quantitative estimate of drug-likeness (QED) is 0.877. The van der Waals surface area contributed by atoms with Crippen LogP contribution in [0, 0.1) is 0 Å². The number of anilines is 1. The van der Waals surface area contributed by atoms with Crippen molar-refractivity contribution >= 4 is 11.7 Å². The van der Waals surface area contributed by atoms with Crippen LogP contribution in [0.15, 0.2) is 54.6 Å². The third-order valence-electron chi connectivity index (χ3n) is 2.58. The van der Waals surface area contributed by atoms with Crippen LogP contribution in [0.2, 0.25) is 0 Å². The molecule has 2 rings (SSSR count). The summed E-state index contributed by atoms with van der Waals surface area (Å²) < 4.78 is 5.69. The van der Waals surface area contributed by atoms with E-state index in [1.807, 2.05) is 63.2 Å². The largest absolute Gasteiger partial charge is 0.457 e. The van der Waals surface area contributed by atoms with E-state index in [0.717, 1.165) is 17.2 Å². The molecule has 0 atom stereocenters. The average Bonchev–Trinajstić information content (AvgIpc) is 2.40. The smallest absolute Gasteiger partial charge is 0.319 e. The van der Waals surface area contributed by atoms with Crippen molar-refractivity contribution in [1.82, 2.24) is 5.32 Å². The van der Waals surface area contributed by atoms with Crippen LogP contribution in [0.3, 0.4) is 0 Å². The highest BCUT2D eigenvalue weighted by Crippen LogP contribution is 2.22. The van der Waals surface area contributed by atoms with E-state index in [1.165, 1.54) is 0 Å². The van der Waals surface area contributed by atoms with Crippen LogP contribution in [0.1, 0.15) is 20.8 Å². The lowest BCUT2D eigenvalue weighted by Gasteiger charge is -2.20. The second kappa shape index (κ2) is 6.31. The van der Waals surface area contributed by atoms with Gasteiger partial charge >= 0.3 is 6.03 Å². The summed E-state index contributed by atoms with van der Waals surface area (Å²) in [5.41, 5.74) is 0.456. The lowest BCUT2D eigenvalue weighted by molar-refractivity contribution is 0.244. The number of amides is 2. The molecule has 21 heavy (non-hydrogen) atoms. The average molecular weight is 284 g/mol. The minimum absolute atomic E-state index is 0.223. The molecule has 4 nitrogen and oxygen atoms in total. The molecule has 0 radical (unpaired) electrons. The van der Waals surface area contributed by atoms with Crippen molar-refractivity contribution in [3.05, 3.63) is 54.6 Å². The first-order valence-electron chi connectivity index (χ1n) is 6.84. The van der Waals surface area contributed by atoms with Crippen molar-refractivity contribution in [1.29, 1.82) is 0 Å². The van der Waals surface area contributed by atoms with Crippen molar-refractivity contribution in [2.45, 2.75) is 26.3 Å². The molecule has 0 spiro atoms. The summed E-state index contributed by atoms with van der Waals surface area (Å²) in [5, 5.41) is 5.62. The van der Waals surface area contributed by atoms with E-state index in [4.69, 9.17) is 4.74 Å². The molecule has 0 aromatic heterocycles. The SMILES string of the molecule is CC(C)(C)NC(=O)Nc1ccc(Oc2ccccc2)cc1. The first-order chi connectivity index (χ1) is 9.92. The van der Waals surface area contributed by atoms with E-state index in [1.54, 1.807) is 12.1 Å². The standard InChI is InChI=1S/C17H20N2O2/c1-17(2,3)19-16(20)18-13-9-11-15(12-10-13)21-14-7-5-4-6-8-14/h4-12H,1-3H3,(H2,18,19,20). The topological polar surface area (TPSA) is 50.4 Å². The molecule has 0 saturated carbocycles. The van der Waals surface area contributed by atoms with Gasteiger partial charge in [0.2, 0.25) is 0 Å². The highest BCUT2D eigenvalue weighted by atomic mass is 16.5. The highest BCUT2D eigenvalue weighted by Gasteiger charge is 2.13. The molecule has 2 amide bonds. The van der Waals surface area contributed by atoms with Gasteiger partial charge in [0.25, 0.3) is 0 Å². The van der Waals surface area contributed by atoms with Crippen LogP contribution in [-0.4, -0.2) is 11.6 Å². The maximum Gasteiger partial charge on any atom is 0.319 e. The molecule has 2 aromatic rings.